The van der Waals surface area contributed by atoms with Crippen molar-refractivity contribution in [3.8, 4) is 0 Å². The zero-order valence-electron chi connectivity index (χ0n) is 11.1. The van der Waals surface area contributed by atoms with Crippen LogP contribution in [0.25, 0.3) is 0 Å². The van der Waals surface area contributed by atoms with Crippen molar-refractivity contribution >= 4 is 25.5 Å². The van der Waals surface area contributed by atoms with Crippen LogP contribution in [0.3, 0.4) is 0 Å². The van der Waals surface area contributed by atoms with Gasteiger partial charge in [0.2, 0.25) is 10.0 Å². The number of rotatable bonds is 3. The molecular weight excluding hydrogens is 300 g/mol. The second-order valence-electron chi connectivity index (χ2n) is 4.81. The van der Waals surface area contributed by atoms with Crippen LogP contribution >= 0.6 is 0 Å². The fourth-order valence-corrected chi connectivity index (χ4v) is 5.20. The summed E-state index contributed by atoms with van der Waals surface area (Å²) >= 11 is 0. The fourth-order valence-electron chi connectivity index (χ4n) is 2.16. The zero-order valence-corrected chi connectivity index (χ0v) is 12.8. The van der Waals surface area contributed by atoms with E-state index < -0.39 is 25.9 Å². The quantitative estimate of drug-likeness (QED) is 0.789. The minimum Gasteiger partial charge on any atom is -0.398 e. The van der Waals surface area contributed by atoms with E-state index in [2.05, 4.69) is 4.72 Å². The molecule has 6 nitrogen and oxygen atoms in total. The van der Waals surface area contributed by atoms with E-state index in [1.165, 1.54) is 6.08 Å². The van der Waals surface area contributed by atoms with Gasteiger partial charge in [-0.2, -0.15) is 0 Å². The third kappa shape index (κ3) is 2.87. The maximum atomic E-state index is 12.4. The van der Waals surface area contributed by atoms with Gasteiger partial charge in [0.1, 0.15) is 0 Å². The molecule has 3 N–H and O–H groups in total. The van der Waals surface area contributed by atoms with Gasteiger partial charge < -0.3 is 5.73 Å². The van der Waals surface area contributed by atoms with E-state index in [1.54, 1.807) is 26.0 Å². The summed E-state index contributed by atoms with van der Waals surface area (Å²) in [6, 6.07) is 2.52. The third-order valence-electron chi connectivity index (χ3n) is 3.15. The summed E-state index contributed by atoms with van der Waals surface area (Å²) in [7, 11) is -7.13. The Morgan fingerprint density at radius 2 is 1.95 bits per heavy atom. The van der Waals surface area contributed by atoms with Crippen molar-refractivity contribution in [2.45, 2.75) is 24.8 Å². The molecule has 0 aromatic heterocycles. The van der Waals surface area contributed by atoms with E-state index in [-0.39, 0.29) is 10.6 Å². The summed E-state index contributed by atoms with van der Waals surface area (Å²) in [6.07, 6.45) is 1.34. The molecule has 0 aliphatic carbocycles. The molecule has 0 bridgehead atoms. The average molecular weight is 316 g/mol. The predicted molar refractivity (Wildman–Crippen MR) is 77.4 cm³/mol. The molecule has 1 aliphatic heterocycles. The molecule has 1 aromatic carbocycles. The number of anilines is 1. The molecule has 20 heavy (non-hydrogen) atoms. The molecule has 1 unspecified atom stereocenters. The maximum Gasteiger partial charge on any atom is 0.241 e. The van der Waals surface area contributed by atoms with Gasteiger partial charge in [-0.05, 0) is 31.0 Å². The number of sulfone groups is 1. The van der Waals surface area contributed by atoms with Gasteiger partial charge in [-0.3, -0.25) is 0 Å². The summed E-state index contributed by atoms with van der Waals surface area (Å²) in [6.45, 7) is 3.29. The Morgan fingerprint density at radius 3 is 2.50 bits per heavy atom. The van der Waals surface area contributed by atoms with Crippen molar-refractivity contribution in [1.29, 1.82) is 0 Å². The minimum atomic E-state index is -3.82. The summed E-state index contributed by atoms with van der Waals surface area (Å²) in [5.74, 6) is -0.257. The lowest BCUT2D eigenvalue weighted by atomic mass is 10.1. The monoisotopic (exact) mass is 316 g/mol. The number of nitrogens with one attached hydrogen (secondary N) is 1. The van der Waals surface area contributed by atoms with Crippen LogP contribution in [0.5, 0.6) is 0 Å². The standard InChI is InChI=1S/C12H16N2O4S2/c1-8-3-4-11(13)9(2)12(8)20(17,18)14-10-5-6-19(15,16)7-10/h3-6,10,14H,7,13H2,1-2H3. The number of benzene rings is 1. The Bertz CT molecular complexity index is 780. The zero-order chi connectivity index (χ0) is 15.1. The SMILES string of the molecule is Cc1ccc(N)c(C)c1S(=O)(=O)NC1C=CS(=O)(=O)C1. The Balaban J connectivity index is 2.38. The normalized spacial score (nSPS) is 21.2. The van der Waals surface area contributed by atoms with Gasteiger partial charge in [-0.1, -0.05) is 12.1 Å². The Morgan fingerprint density at radius 1 is 1.30 bits per heavy atom. The summed E-state index contributed by atoms with van der Waals surface area (Å²) in [5.41, 5.74) is 7.14. The van der Waals surface area contributed by atoms with Gasteiger partial charge in [0, 0.05) is 11.1 Å². The van der Waals surface area contributed by atoms with Crippen LogP contribution in [0.4, 0.5) is 5.69 Å². The van der Waals surface area contributed by atoms with Crippen LogP contribution in [0.15, 0.2) is 28.5 Å². The van der Waals surface area contributed by atoms with Gasteiger partial charge in [-0.15, -0.1) is 0 Å². The first-order valence-corrected chi connectivity index (χ1v) is 9.11. The molecule has 1 atom stereocenters. The molecule has 2 rings (SSSR count). The Hall–Kier alpha value is -1.38. The van der Waals surface area contributed by atoms with E-state index in [0.29, 0.717) is 16.8 Å². The molecule has 0 spiro atoms. The van der Waals surface area contributed by atoms with Gasteiger partial charge in [-0.25, -0.2) is 21.6 Å². The Labute approximate surface area is 118 Å². The van der Waals surface area contributed by atoms with E-state index in [9.17, 15) is 16.8 Å². The topological polar surface area (TPSA) is 106 Å². The number of aryl methyl sites for hydroxylation is 1. The van der Waals surface area contributed by atoms with Crippen LogP contribution < -0.4 is 10.5 Å². The lowest BCUT2D eigenvalue weighted by Gasteiger charge is -2.16. The third-order valence-corrected chi connectivity index (χ3v) is 6.32. The van der Waals surface area contributed by atoms with Crippen molar-refractivity contribution < 1.29 is 16.8 Å². The maximum absolute atomic E-state index is 12.4. The highest BCUT2D eigenvalue weighted by Crippen LogP contribution is 2.25. The number of hydrogen-bond donors (Lipinski definition) is 2. The van der Waals surface area contributed by atoms with Gasteiger partial charge in [0.15, 0.2) is 9.84 Å². The number of sulfonamides is 1. The predicted octanol–water partition coefficient (Wildman–Crippen LogP) is 0.475. The Kier molecular flexibility index (Phi) is 3.66. The lowest BCUT2D eigenvalue weighted by Crippen LogP contribution is -2.36. The summed E-state index contributed by atoms with van der Waals surface area (Å²) < 4.78 is 49.8. The van der Waals surface area contributed by atoms with Crippen LogP contribution in [0.2, 0.25) is 0 Å². The van der Waals surface area contributed by atoms with Crippen LogP contribution in [0.1, 0.15) is 11.1 Å². The average Bonchev–Trinajstić information content (AvgIpc) is 2.62. The molecule has 0 radical (unpaired) electrons. The second kappa shape index (κ2) is 4.87. The molecular formula is C12H16N2O4S2. The highest BCUT2D eigenvalue weighted by Gasteiger charge is 2.28. The second-order valence-corrected chi connectivity index (χ2v) is 8.39. The van der Waals surface area contributed by atoms with Crippen molar-refractivity contribution in [3.63, 3.8) is 0 Å². The highest BCUT2D eigenvalue weighted by molar-refractivity contribution is 7.94. The van der Waals surface area contributed by atoms with E-state index in [4.69, 9.17) is 5.73 Å². The van der Waals surface area contributed by atoms with E-state index >= 15 is 0 Å². The van der Waals surface area contributed by atoms with Crippen molar-refractivity contribution in [2.24, 2.45) is 0 Å². The molecule has 0 fully saturated rings. The molecule has 1 aromatic rings. The first-order valence-electron chi connectivity index (χ1n) is 5.91. The smallest absolute Gasteiger partial charge is 0.241 e. The first kappa shape index (κ1) is 15.0. The molecule has 0 saturated heterocycles. The highest BCUT2D eigenvalue weighted by atomic mass is 32.2. The minimum absolute atomic E-state index is 0.107. The van der Waals surface area contributed by atoms with Crippen LogP contribution in [-0.2, 0) is 19.9 Å². The lowest BCUT2D eigenvalue weighted by molar-refractivity contribution is 0.573. The first-order chi connectivity index (χ1) is 9.12. The van der Waals surface area contributed by atoms with E-state index in [0.717, 1.165) is 5.41 Å². The summed E-state index contributed by atoms with van der Waals surface area (Å²) in [4.78, 5) is 0.107. The summed E-state index contributed by atoms with van der Waals surface area (Å²) in [5, 5.41) is 1.03. The molecule has 8 heteroatoms. The number of nitrogen functional groups attached to an aromatic ring is 1. The molecule has 0 saturated carbocycles. The van der Waals surface area contributed by atoms with Crippen molar-refractivity contribution in [3.05, 3.63) is 34.7 Å². The number of nitrogens with two attached hydrogens (primary N) is 1. The van der Waals surface area contributed by atoms with Gasteiger partial charge in [0.05, 0.1) is 16.7 Å². The van der Waals surface area contributed by atoms with Crippen LogP contribution in [-0.4, -0.2) is 28.6 Å². The van der Waals surface area contributed by atoms with E-state index in [1.807, 2.05) is 0 Å². The van der Waals surface area contributed by atoms with Gasteiger partial charge >= 0.3 is 0 Å². The van der Waals surface area contributed by atoms with Crippen molar-refractivity contribution in [2.75, 3.05) is 11.5 Å². The molecule has 0 amide bonds. The molecule has 110 valence electrons. The molecule has 1 heterocycles. The largest absolute Gasteiger partial charge is 0.398 e. The molecule has 1 aliphatic rings. The number of hydrogen-bond acceptors (Lipinski definition) is 5. The fraction of sp³-hybridized carbons (Fsp3) is 0.333. The van der Waals surface area contributed by atoms with Crippen LogP contribution in [0, 0.1) is 13.8 Å². The van der Waals surface area contributed by atoms with Gasteiger partial charge in [0.25, 0.3) is 0 Å². The van der Waals surface area contributed by atoms with Crippen molar-refractivity contribution in [1.82, 2.24) is 4.72 Å².